The van der Waals surface area contributed by atoms with Crippen molar-refractivity contribution in [2.24, 2.45) is 0 Å². The van der Waals surface area contributed by atoms with Gasteiger partial charge in [0, 0.05) is 30.0 Å². The van der Waals surface area contributed by atoms with Gasteiger partial charge in [-0.15, -0.1) is 0 Å². The Bertz CT molecular complexity index is 496. The predicted molar refractivity (Wildman–Crippen MR) is 81.2 cm³/mol. The fourth-order valence-electron chi connectivity index (χ4n) is 1.51. The van der Waals surface area contributed by atoms with Gasteiger partial charge in [0.2, 0.25) is 10.0 Å². The van der Waals surface area contributed by atoms with Crippen LogP contribution in [0.3, 0.4) is 0 Å². The molecular formula is C11H17BN2O4S2. The van der Waals surface area contributed by atoms with E-state index in [9.17, 15) is 8.42 Å². The number of hydrogen-bond acceptors (Lipinski definition) is 6. The summed E-state index contributed by atoms with van der Waals surface area (Å²) in [7, 11) is 5.09. The Labute approximate surface area is 125 Å². The van der Waals surface area contributed by atoms with Crippen molar-refractivity contribution in [2.45, 2.75) is 4.90 Å². The molecule has 20 heavy (non-hydrogen) atoms. The van der Waals surface area contributed by atoms with Gasteiger partial charge in [-0.3, -0.25) is 0 Å². The van der Waals surface area contributed by atoms with Crippen molar-refractivity contribution < 1.29 is 17.6 Å². The van der Waals surface area contributed by atoms with Crippen molar-refractivity contribution in [3.05, 3.63) is 24.3 Å². The highest BCUT2D eigenvalue weighted by Gasteiger charge is 2.11. The van der Waals surface area contributed by atoms with E-state index in [1.807, 2.05) is 4.90 Å². The normalized spacial score (nSPS) is 11.5. The number of anilines is 1. The number of benzene rings is 1. The maximum atomic E-state index is 11.6. The highest BCUT2D eigenvalue weighted by Crippen LogP contribution is 2.18. The van der Waals surface area contributed by atoms with Crippen LogP contribution in [0.2, 0.25) is 0 Å². The van der Waals surface area contributed by atoms with Gasteiger partial charge in [0.15, 0.2) is 0 Å². The first-order valence-corrected chi connectivity index (χ1v) is 8.25. The number of nitrogens with one attached hydrogen (secondary N) is 1. The van der Waals surface area contributed by atoms with Crippen molar-refractivity contribution in [1.82, 2.24) is 4.72 Å². The molecule has 0 atom stereocenters. The van der Waals surface area contributed by atoms with Crippen molar-refractivity contribution in [3.8, 4) is 0 Å². The van der Waals surface area contributed by atoms with Crippen molar-refractivity contribution in [3.63, 3.8) is 0 Å². The van der Waals surface area contributed by atoms with Gasteiger partial charge in [-0.05, 0) is 37.8 Å². The molecule has 0 heterocycles. The highest BCUT2D eigenvalue weighted by molar-refractivity contribution is 7.94. The number of sulfonamides is 1. The maximum Gasteiger partial charge on any atom is 0.240 e. The standard InChI is InChI=1S/C11H17BN2O4S2/c1-13-20(15,16)11-5-3-10(4-6-11)14(9-12)7-8-19-18-17-2/h3-6,13H,7-9H2,1-2H3. The molecule has 9 heteroatoms. The fraction of sp³-hybridized carbons (Fsp3) is 0.455. The summed E-state index contributed by atoms with van der Waals surface area (Å²) in [6.07, 6.45) is 0.325. The third-order valence-electron chi connectivity index (χ3n) is 2.56. The summed E-state index contributed by atoms with van der Waals surface area (Å²) in [6.45, 7) is 0.655. The van der Waals surface area contributed by atoms with E-state index >= 15 is 0 Å². The van der Waals surface area contributed by atoms with Gasteiger partial charge in [0.05, 0.1) is 19.9 Å². The van der Waals surface area contributed by atoms with Crippen molar-refractivity contribution in [2.75, 3.05) is 37.8 Å². The van der Waals surface area contributed by atoms with Gasteiger partial charge in [-0.25, -0.2) is 18.0 Å². The highest BCUT2D eigenvalue weighted by atomic mass is 32.2. The minimum absolute atomic E-state index is 0.220. The first kappa shape index (κ1) is 17.3. The quantitative estimate of drug-likeness (QED) is 0.238. The van der Waals surface area contributed by atoms with Crippen LogP contribution >= 0.6 is 12.0 Å². The molecule has 0 amide bonds. The van der Waals surface area contributed by atoms with Crippen LogP contribution < -0.4 is 9.62 Å². The van der Waals surface area contributed by atoms with Crippen LogP contribution in [-0.2, 0) is 19.2 Å². The second kappa shape index (κ2) is 8.53. The smallest absolute Gasteiger partial charge is 0.240 e. The summed E-state index contributed by atoms with van der Waals surface area (Å²) in [4.78, 5) is 6.59. The average molecular weight is 316 g/mol. The molecule has 1 rings (SSSR count). The zero-order valence-electron chi connectivity index (χ0n) is 11.4. The third kappa shape index (κ3) is 4.99. The summed E-state index contributed by atoms with van der Waals surface area (Å²) >= 11 is 1.18. The summed E-state index contributed by atoms with van der Waals surface area (Å²) in [6, 6.07) is 6.53. The molecule has 0 bridgehead atoms. The van der Waals surface area contributed by atoms with E-state index in [1.54, 1.807) is 24.3 Å². The minimum Gasteiger partial charge on any atom is -0.380 e. The van der Waals surface area contributed by atoms with Gasteiger partial charge in [-0.2, -0.15) is 4.33 Å². The van der Waals surface area contributed by atoms with E-state index in [1.165, 1.54) is 26.2 Å². The largest absolute Gasteiger partial charge is 0.380 e. The molecule has 0 aliphatic heterocycles. The fourth-order valence-corrected chi connectivity index (χ4v) is 2.70. The summed E-state index contributed by atoms with van der Waals surface area (Å²) in [5, 5.41) is 0. The minimum atomic E-state index is -3.41. The molecular weight excluding hydrogens is 299 g/mol. The summed E-state index contributed by atoms with van der Waals surface area (Å²) in [5.74, 6) is 0.668. The molecule has 0 saturated carbocycles. The first-order chi connectivity index (χ1) is 9.55. The zero-order valence-corrected chi connectivity index (χ0v) is 13.0. The molecule has 0 aromatic heterocycles. The lowest BCUT2D eigenvalue weighted by molar-refractivity contribution is -0.160. The van der Waals surface area contributed by atoms with E-state index in [-0.39, 0.29) is 4.90 Å². The number of nitrogens with zero attached hydrogens (tertiary/aromatic N) is 1. The average Bonchev–Trinajstić information content (AvgIpc) is 2.47. The second-order valence-electron chi connectivity index (χ2n) is 3.70. The molecule has 110 valence electrons. The van der Waals surface area contributed by atoms with E-state index < -0.39 is 10.0 Å². The van der Waals surface area contributed by atoms with E-state index in [4.69, 9.17) is 12.2 Å². The zero-order chi connectivity index (χ0) is 15.0. The lowest BCUT2D eigenvalue weighted by Crippen LogP contribution is -2.27. The monoisotopic (exact) mass is 316 g/mol. The van der Waals surface area contributed by atoms with Crippen LogP contribution in [-0.4, -0.2) is 49.2 Å². The van der Waals surface area contributed by atoms with Crippen molar-refractivity contribution >= 4 is 35.6 Å². The van der Waals surface area contributed by atoms with E-state index in [0.717, 1.165) is 5.69 Å². The molecule has 1 aromatic carbocycles. The van der Waals surface area contributed by atoms with Crippen LogP contribution in [0.25, 0.3) is 0 Å². The molecule has 0 fully saturated rings. The molecule has 6 nitrogen and oxygen atoms in total. The van der Waals surface area contributed by atoms with E-state index in [2.05, 4.69) is 9.61 Å². The van der Waals surface area contributed by atoms with Crippen molar-refractivity contribution in [1.29, 1.82) is 0 Å². The lowest BCUT2D eigenvalue weighted by Gasteiger charge is -2.23. The molecule has 2 radical (unpaired) electrons. The molecule has 0 unspecified atom stereocenters. The molecule has 0 spiro atoms. The first-order valence-electron chi connectivity index (χ1n) is 5.86. The van der Waals surface area contributed by atoms with Crippen LogP contribution in [0.15, 0.2) is 29.2 Å². The van der Waals surface area contributed by atoms with Gasteiger partial charge in [0.1, 0.15) is 0 Å². The molecule has 0 aliphatic carbocycles. The number of hydrogen-bond donors (Lipinski definition) is 1. The van der Waals surface area contributed by atoms with E-state index in [0.29, 0.717) is 18.7 Å². The number of rotatable bonds is 9. The van der Waals surface area contributed by atoms with Crippen LogP contribution in [0.5, 0.6) is 0 Å². The second-order valence-corrected chi connectivity index (χ2v) is 6.37. The summed E-state index contributed by atoms with van der Waals surface area (Å²) in [5.41, 5.74) is 0.848. The molecule has 0 saturated heterocycles. The topological polar surface area (TPSA) is 67.9 Å². The Morgan fingerprint density at radius 2 is 2.00 bits per heavy atom. The van der Waals surface area contributed by atoms with Gasteiger partial charge >= 0.3 is 0 Å². The van der Waals surface area contributed by atoms with Crippen LogP contribution in [0.1, 0.15) is 0 Å². The van der Waals surface area contributed by atoms with Gasteiger partial charge in [-0.1, -0.05) is 0 Å². The Morgan fingerprint density at radius 3 is 2.50 bits per heavy atom. The Balaban J connectivity index is 2.70. The summed E-state index contributed by atoms with van der Waals surface area (Å²) < 4.78 is 30.2. The maximum absolute atomic E-state index is 11.6. The Hall–Kier alpha value is -0.735. The molecule has 0 aliphatic rings. The SMILES string of the molecule is [B]CN(CCSOOC)c1ccc(S(=O)(=O)NC)cc1. The van der Waals surface area contributed by atoms with Crippen LogP contribution in [0.4, 0.5) is 5.69 Å². The lowest BCUT2D eigenvalue weighted by atomic mass is 10.1. The van der Waals surface area contributed by atoms with Crippen LogP contribution in [0, 0.1) is 0 Å². The van der Waals surface area contributed by atoms with Gasteiger partial charge in [0.25, 0.3) is 0 Å². The Morgan fingerprint density at radius 1 is 1.35 bits per heavy atom. The molecule has 1 aromatic rings. The Kier molecular flexibility index (Phi) is 7.38. The van der Waals surface area contributed by atoms with Gasteiger partial charge < -0.3 is 4.90 Å². The molecule has 1 N–H and O–H groups in total. The third-order valence-corrected chi connectivity index (χ3v) is 4.57. The predicted octanol–water partition coefficient (Wildman–Crippen LogP) is 0.753.